The molecule has 184 valence electrons. The molecule has 0 aromatic carbocycles. The zero-order chi connectivity index (χ0) is 24.4. The van der Waals surface area contributed by atoms with E-state index in [9.17, 15) is 20.1 Å². The smallest absolute Gasteiger partial charge is 0.230 e. The van der Waals surface area contributed by atoms with E-state index in [2.05, 4.69) is 31.2 Å². The second-order valence-corrected chi connectivity index (χ2v) is 10.3. The molecule has 0 aromatic rings. The summed E-state index contributed by atoms with van der Waals surface area (Å²) >= 11 is 0. The van der Waals surface area contributed by atoms with Crippen molar-refractivity contribution in [3.05, 3.63) is 71.9 Å². The monoisotopic (exact) mass is 465 g/mol. The average Bonchev–Trinajstić information content (AvgIpc) is 3.28. The van der Waals surface area contributed by atoms with Crippen molar-refractivity contribution in [2.75, 3.05) is 0 Å². The van der Waals surface area contributed by atoms with Gasteiger partial charge in [0.2, 0.25) is 5.91 Å². The van der Waals surface area contributed by atoms with Gasteiger partial charge in [0.05, 0.1) is 30.3 Å². The molecule has 0 radical (unpaired) electrons. The summed E-state index contributed by atoms with van der Waals surface area (Å²) < 4.78 is 0. The Kier molecular flexibility index (Phi) is 7.76. The highest BCUT2D eigenvalue weighted by Crippen LogP contribution is 2.47. The highest BCUT2D eigenvalue weighted by Gasteiger charge is 2.56. The molecule has 2 aliphatic heterocycles. The van der Waals surface area contributed by atoms with Crippen LogP contribution in [-0.4, -0.2) is 56.5 Å². The summed E-state index contributed by atoms with van der Waals surface area (Å²) in [4.78, 5) is 15.6. The number of amides is 1. The molecule has 0 aromatic heterocycles. The summed E-state index contributed by atoms with van der Waals surface area (Å²) in [6.45, 7) is 6.16. The van der Waals surface area contributed by atoms with Crippen LogP contribution >= 0.6 is 0 Å². The Morgan fingerprint density at radius 3 is 2.56 bits per heavy atom. The second-order valence-electron chi connectivity index (χ2n) is 10.3. The highest BCUT2D eigenvalue weighted by atomic mass is 16.3. The van der Waals surface area contributed by atoms with Gasteiger partial charge in [-0.1, -0.05) is 85.3 Å². The number of aliphatic hydroxyl groups excluding tert-OH is 3. The summed E-state index contributed by atoms with van der Waals surface area (Å²) in [7, 11) is 0. The first-order valence-corrected chi connectivity index (χ1v) is 12.7. The van der Waals surface area contributed by atoms with Crippen LogP contribution < -0.4 is 0 Å². The van der Waals surface area contributed by atoms with E-state index in [0.717, 1.165) is 30.4 Å². The van der Waals surface area contributed by atoms with Gasteiger partial charge in [0.25, 0.3) is 0 Å². The maximum absolute atomic E-state index is 13.6. The third-order valence-electron chi connectivity index (χ3n) is 8.01. The Morgan fingerprint density at radius 1 is 1.03 bits per heavy atom. The quantitative estimate of drug-likeness (QED) is 0.426. The van der Waals surface area contributed by atoms with Gasteiger partial charge in [-0.3, -0.25) is 4.79 Å². The maximum Gasteiger partial charge on any atom is 0.230 e. The number of allylic oxidation sites excluding steroid dienone is 7. The number of hydrogen-bond acceptors (Lipinski definition) is 4. The first-order chi connectivity index (χ1) is 16.3. The molecule has 1 amide bonds. The fourth-order valence-corrected chi connectivity index (χ4v) is 6.36. The van der Waals surface area contributed by atoms with E-state index in [0.29, 0.717) is 6.42 Å². The lowest BCUT2D eigenvalue weighted by molar-refractivity contribution is -0.132. The third kappa shape index (κ3) is 4.66. The van der Waals surface area contributed by atoms with Crippen molar-refractivity contribution in [2.24, 2.45) is 23.7 Å². The number of unbranched alkanes of at least 4 members (excludes halogenated alkanes) is 1. The Bertz CT molecular complexity index is 942. The van der Waals surface area contributed by atoms with Gasteiger partial charge in [-0.25, -0.2) is 0 Å². The van der Waals surface area contributed by atoms with Gasteiger partial charge in [0.15, 0.2) is 0 Å². The summed E-state index contributed by atoms with van der Waals surface area (Å²) in [6, 6.07) is -0.239. The number of nitrogens with zero attached hydrogens (tertiary/aromatic N) is 1. The molecule has 0 bridgehead atoms. The summed E-state index contributed by atoms with van der Waals surface area (Å²) in [5.41, 5.74) is 2.04. The largest absolute Gasteiger partial charge is 0.391 e. The van der Waals surface area contributed by atoms with Crippen LogP contribution in [0.25, 0.3) is 0 Å². The maximum atomic E-state index is 13.6. The predicted octanol–water partition coefficient (Wildman–Crippen LogP) is 3.85. The lowest BCUT2D eigenvalue weighted by atomic mass is 9.73. The number of aliphatic hydroxyl groups is 3. The van der Waals surface area contributed by atoms with Crippen LogP contribution in [-0.2, 0) is 4.79 Å². The van der Waals surface area contributed by atoms with Crippen molar-refractivity contribution < 1.29 is 20.1 Å². The van der Waals surface area contributed by atoms with E-state index in [-0.39, 0.29) is 41.7 Å². The first kappa shape index (κ1) is 24.9. The molecule has 5 heteroatoms. The molecule has 4 aliphatic rings. The molecule has 2 saturated heterocycles. The fourth-order valence-electron chi connectivity index (χ4n) is 6.36. The Labute approximate surface area is 203 Å². The van der Waals surface area contributed by atoms with Gasteiger partial charge >= 0.3 is 0 Å². The minimum Gasteiger partial charge on any atom is -0.391 e. The van der Waals surface area contributed by atoms with E-state index < -0.39 is 18.3 Å². The molecule has 3 N–H and O–H groups in total. The molecule has 34 heavy (non-hydrogen) atoms. The van der Waals surface area contributed by atoms with Crippen molar-refractivity contribution in [3.63, 3.8) is 0 Å². The number of carbonyl (C=O) groups excluding carboxylic acids is 1. The number of hydrogen-bond donors (Lipinski definition) is 3. The molecule has 5 nitrogen and oxygen atoms in total. The second kappa shape index (κ2) is 10.6. The van der Waals surface area contributed by atoms with Crippen LogP contribution in [0.1, 0.15) is 46.5 Å². The highest BCUT2D eigenvalue weighted by molar-refractivity contribution is 5.85. The summed E-state index contributed by atoms with van der Waals surface area (Å²) in [5.74, 6) is -0.624. The molecule has 9 atom stereocenters. The van der Waals surface area contributed by atoms with Crippen molar-refractivity contribution in [2.45, 2.75) is 76.9 Å². The minimum absolute atomic E-state index is 0.00118. The van der Waals surface area contributed by atoms with Gasteiger partial charge in [-0.05, 0) is 33.1 Å². The van der Waals surface area contributed by atoms with Crippen LogP contribution in [0.4, 0.5) is 0 Å². The average molecular weight is 466 g/mol. The zero-order valence-electron chi connectivity index (χ0n) is 20.5. The lowest BCUT2D eigenvalue weighted by Gasteiger charge is -2.35. The molecule has 2 aliphatic carbocycles. The van der Waals surface area contributed by atoms with E-state index >= 15 is 0 Å². The zero-order valence-corrected chi connectivity index (χ0v) is 20.5. The molecule has 0 saturated carbocycles. The molecular weight excluding hydrogens is 426 g/mol. The number of fused-ring (bicyclic) bond motifs is 4. The van der Waals surface area contributed by atoms with E-state index in [1.807, 2.05) is 49.1 Å². The summed E-state index contributed by atoms with van der Waals surface area (Å²) in [6.07, 6.45) is 21.1. The Morgan fingerprint density at radius 2 is 1.79 bits per heavy atom. The normalized spacial score (nSPS) is 43.9. The van der Waals surface area contributed by atoms with Crippen molar-refractivity contribution in [3.8, 4) is 0 Å². The van der Waals surface area contributed by atoms with E-state index in [1.54, 1.807) is 6.08 Å². The Hall–Kier alpha value is -2.21. The molecule has 2 fully saturated rings. The molecule has 4 rings (SSSR count). The SMILES string of the molecule is CCC/C=C/C=C/C[C@@H]1C[C@H](O)[C@H]2[C@@H]3/C(C)=C/[C@H]4C=C[C@@H](O)[C@@H](O)[C@@H]4/C(C)=C/C=C\[C@@H]3C(=O)N12. The molecule has 0 unspecified atom stereocenters. The Balaban J connectivity index is 1.63. The molecular formula is C29H39NO4. The standard InChI is InChI=1S/C29H39NO4/c1-4-5-6-7-8-9-12-21-17-24(32)27-26-19(3)16-20-14-15-23(31)28(33)25(20)18(2)11-10-13-22(26)29(34)30(21)27/h6-11,13-16,20-28,31-33H,4-5,12,17H2,1-3H3/b7-6+,9-8+,13-10-,18-11+,19-16+/t20-,21-,22+,23-,24+,25-,26-,27+,28-/m1/s1. The van der Waals surface area contributed by atoms with Gasteiger partial charge in [0, 0.05) is 23.8 Å². The van der Waals surface area contributed by atoms with Crippen LogP contribution in [0.15, 0.2) is 71.9 Å². The topological polar surface area (TPSA) is 81.0 Å². The lowest BCUT2D eigenvalue weighted by Crippen LogP contribution is -2.40. The fraction of sp³-hybridized carbons (Fsp3) is 0.552. The van der Waals surface area contributed by atoms with Crippen LogP contribution in [0.3, 0.4) is 0 Å². The van der Waals surface area contributed by atoms with Gasteiger partial charge in [-0.15, -0.1) is 0 Å². The molecule has 0 spiro atoms. The van der Waals surface area contributed by atoms with Crippen LogP contribution in [0.5, 0.6) is 0 Å². The van der Waals surface area contributed by atoms with Gasteiger partial charge in [-0.2, -0.15) is 0 Å². The van der Waals surface area contributed by atoms with Crippen molar-refractivity contribution >= 4 is 5.91 Å². The number of rotatable bonds is 5. The third-order valence-corrected chi connectivity index (χ3v) is 8.01. The van der Waals surface area contributed by atoms with E-state index in [4.69, 9.17) is 0 Å². The van der Waals surface area contributed by atoms with Crippen LogP contribution in [0, 0.1) is 23.7 Å². The van der Waals surface area contributed by atoms with Gasteiger partial charge < -0.3 is 20.2 Å². The molecule has 2 heterocycles. The van der Waals surface area contributed by atoms with Gasteiger partial charge in [0.1, 0.15) is 0 Å². The minimum atomic E-state index is -0.885. The van der Waals surface area contributed by atoms with Crippen molar-refractivity contribution in [1.82, 2.24) is 4.90 Å². The number of carbonyl (C=O) groups is 1. The predicted molar refractivity (Wildman–Crippen MR) is 135 cm³/mol. The van der Waals surface area contributed by atoms with Crippen molar-refractivity contribution in [1.29, 1.82) is 0 Å². The van der Waals surface area contributed by atoms with Crippen LogP contribution in [0.2, 0.25) is 0 Å². The first-order valence-electron chi connectivity index (χ1n) is 12.7. The summed E-state index contributed by atoms with van der Waals surface area (Å²) in [5, 5.41) is 32.0. The van der Waals surface area contributed by atoms with E-state index in [1.165, 1.54) is 0 Å².